The van der Waals surface area contributed by atoms with Crippen molar-refractivity contribution in [3.05, 3.63) is 27.8 Å². The number of nitriles is 1. The molecule has 2 nitrogen and oxygen atoms in total. The molecule has 0 aromatic heterocycles. The Kier molecular flexibility index (Phi) is 4.64. The number of ether oxygens (including phenoxy) is 1. The van der Waals surface area contributed by atoms with Gasteiger partial charge in [0.1, 0.15) is 5.75 Å². The lowest BCUT2D eigenvalue weighted by atomic mass is 9.99. The summed E-state index contributed by atoms with van der Waals surface area (Å²) in [6.45, 7) is 3.98. The zero-order valence-corrected chi connectivity index (χ0v) is 10.7. The predicted molar refractivity (Wildman–Crippen MR) is 66.0 cm³/mol. The number of hydrogen-bond donors (Lipinski definition) is 0. The van der Waals surface area contributed by atoms with Crippen LogP contribution in [-0.2, 0) is 6.42 Å². The fraction of sp³-hybridized carbons (Fsp3) is 0.462. The average Bonchev–Trinajstić information content (AvgIpc) is 2.25. The summed E-state index contributed by atoms with van der Waals surface area (Å²) >= 11 is 6.14. The van der Waals surface area contributed by atoms with Crippen LogP contribution in [0.25, 0.3) is 0 Å². The van der Waals surface area contributed by atoms with Crippen LogP contribution in [0.5, 0.6) is 5.75 Å². The van der Waals surface area contributed by atoms with Crippen LogP contribution in [-0.4, -0.2) is 7.11 Å². The van der Waals surface area contributed by atoms with Crippen LogP contribution in [0.1, 0.15) is 29.5 Å². The Bertz CT molecular complexity index is 421. The number of halogens is 1. The zero-order chi connectivity index (χ0) is 12.1. The fourth-order valence-corrected chi connectivity index (χ4v) is 2.12. The van der Waals surface area contributed by atoms with Gasteiger partial charge in [-0.2, -0.15) is 5.26 Å². The summed E-state index contributed by atoms with van der Waals surface area (Å²) in [4.78, 5) is 0. The molecule has 0 aliphatic rings. The molecule has 0 spiro atoms. The molecule has 1 rings (SSSR count). The van der Waals surface area contributed by atoms with Crippen molar-refractivity contribution in [2.75, 3.05) is 7.11 Å². The first kappa shape index (κ1) is 12.9. The van der Waals surface area contributed by atoms with E-state index in [1.54, 1.807) is 7.11 Å². The van der Waals surface area contributed by atoms with Crippen LogP contribution in [0.3, 0.4) is 0 Å². The normalized spacial score (nSPS) is 9.94. The summed E-state index contributed by atoms with van der Waals surface area (Å²) in [5.74, 6) is 0.903. The van der Waals surface area contributed by atoms with E-state index < -0.39 is 0 Å². The van der Waals surface area contributed by atoms with Crippen LogP contribution >= 0.6 is 11.6 Å². The van der Waals surface area contributed by atoms with Gasteiger partial charge in [-0.25, -0.2) is 0 Å². The van der Waals surface area contributed by atoms with Crippen LogP contribution < -0.4 is 4.74 Å². The van der Waals surface area contributed by atoms with Crippen LogP contribution in [0.4, 0.5) is 0 Å². The molecule has 86 valence electrons. The SMILES string of the molecule is COc1c(C)cc(Cl)c(C)c1CCCC#N. The van der Waals surface area contributed by atoms with E-state index in [4.69, 9.17) is 21.6 Å². The number of rotatable bonds is 4. The molecule has 0 bridgehead atoms. The minimum absolute atomic E-state index is 0.564. The van der Waals surface area contributed by atoms with E-state index in [1.165, 1.54) is 0 Å². The molecule has 0 unspecified atom stereocenters. The molecule has 0 aliphatic carbocycles. The molecule has 1 aromatic rings. The molecule has 0 heterocycles. The molecule has 0 aliphatic heterocycles. The number of nitrogens with zero attached hydrogens (tertiary/aromatic N) is 1. The van der Waals surface area contributed by atoms with Crippen LogP contribution in [0, 0.1) is 25.2 Å². The van der Waals surface area contributed by atoms with Gasteiger partial charge in [-0.15, -0.1) is 0 Å². The van der Waals surface area contributed by atoms with Crippen molar-refractivity contribution in [1.82, 2.24) is 0 Å². The van der Waals surface area contributed by atoms with E-state index in [2.05, 4.69) is 6.07 Å². The van der Waals surface area contributed by atoms with E-state index in [1.807, 2.05) is 19.9 Å². The molecule has 0 amide bonds. The van der Waals surface area contributed by atoms with E-state index in [-0.39, 0.29) is 0 Å². The Morgan fingerprint density at radius 1 is 1.44 bits per heavy atom. The molecule has 0 saturated carbocycles. The minimum Gasteiger partial charge on any atom is -0.496 e. The smallest absolute Gasteiger partial charge is 0.125 e. The largest absolute Gasteiger partial charge is 0.496 e. The van der Waals surface area contributed by atoms with Gasteiger partial charge in [0.25, 0.3) is 0 Å². The lowest BCUT2D eigenvalue weighted by Gasteiger charge is -2.15. The summed E-state index contributed by atoms with van der Waals surface area (Å²) in [5.41, 5.74) is 3.23. The van der Waals surface area contributed by atoms with Gasteiger partial charge in [0.15, 0.2) is 0 Å². The maximum absolute atomic E-state index is 8.54. The Hall–Kier alpha value is -1.20. The molecule has 0 N–H and O–H groups in total. The highest BCUT2D eigenvalue weighted by Crippen LogP contribution is 2.32. The average molecular weight is 238 g/mol. The van der Waals surface area contributed by atoms with Gasteiger partial charge in [-0.1, -0.05) is 11.6 Å². The highest BCUT2D eigenvalue weighted by molar-refractivity contribution is 6.31. The maximum atomic E-state index is 8.54. The fourth-order valence-electron chi connectivity index (χ4n) is 1.85. The Labute approximate surface area is 102 Å². The molecular weight excluding hydrogens is 222 g/mol. The molecule has 16 heavy (non-hydrogen) atoms. The number of benzene rings is 1. The molecule has 3 heteroatoms. The molecule has 1 aromatic carbocycles. The van der Waals surface area contributed by atoms with Gasteiger partial charge < -0.3 is 4.74 Å². The summed E-state index contributed by atoms with van der Waals surface area (Å²) in [5, 5.41) is 9.31. The Balaban J connectivity index is 3.08. The first-order valence-electron chi connectivity index (χ1n) is 5.31. The maximum Gasteiger partial charge on any atom is 0.125 e. The molecule has 0 saturated heterocycles. The third-order valence-electron chi connectivity index (χ3n) is 2.71. The summed E-state index contributed by atoms with van der Waals surface area (Å²) < 4.78 is 5.40. The van der Waals surface area contributed by atoms with Crippen molar-refractivity contribution >= 4 is 11.6 Å². The van der Waals surface area contributed by atoms with Crippen molar-refractivity contribution in [3.63, 3.8) is 0 Å². The van der Waals surface area contributed by atoms with Gasteiger partial charge in [-0.3, -0.25) is 0 Å². The quantitative estimate of drug-likeness (QED) is 0.746. The summed E-state index contributed by atoms with van der Waals surface area (Å²) in [6.07, 6.45) is 2.24. The number of hydrogen-bond acceptors (Lipinski definition) is 2. The predicted octanol–water partition coefficient (Wildman–Crippen LogP) is 3.81. The van der Waals surface area contributed by atoms with Crippen molar-refractivity contribution in [3.8, 4) is 11.8 Å². The second-order valence-corrected chi connectivity index (χ2v) is 4.23. The molecule has 0 radical (unpaired) electrons. The number of unbranched alkanes of at least 4 members (excludes halogenated alkanes) is 1. The lowest BCUT2D eigenvalue weighted by molar-refractivity contribution is 0.405. The van der Waals surface area contributed by atoms with Crippen molar-refractivity contribution < 1.29 is 4.74 Å². The van der Waals surface area contributed by atoms with Crippen molar-refractivity contribution in [1.29, 1.82) is 5.26 Å². The number of aryl methyl sites for hydroxylation is 1. The van der Waals surface area contributed by atoms with Crippen molar-refractivity contribution in [2.24, 2.45) is 0 Å². The van der Waals surface area contributed by atoms with E-state index in [9.17, 15) is 0 Å². The highest BCUT2D eigenvalue weighted by atomic mass is 35.5. The molecular formula is C13H16ClNO. The Morgan fingerprint density at radius 3 is 2.69 bits per heavy atom. The van der Waals surface area contributed by atoms with E-state index in [0.717, 1.165) is 40.3 Å². The molecule has 0 atom stereocenters. The molecule has 0 fully saturated rings. The van der Waals surface area contributed by atoms with Gasteiger partial charge in [0.05, 0.1) is 13.2 Å². The summed E-state index contributed by atoms with van der Waals surface area (Å²) in [6, 6.07) is 4.07. The van der Waals surface area contributed by atoms with Gasteiger partial charge in [0, 0.05) is 11.4 Å². The third-order valence-corrected chi connectivity index (χ3v) is 3.10. The first-order valence-corrected chi connectivity index (χ1v) is 5.69. The van der Waals surface area contributed by atoms with Crippen molar-refractivity contribution in [2.45, 2.75) is 33.1 Å². The topological polar surface area (TPSA) is 33.0 Å². The lowest BCUT2D eigenvalue weighted by Crippen LogP contribution is -1.99. The monoisotopic (exact) mass is 237 g/mol. The first-order chi connectivity index (χ1) is 7.61. The zero-order valence-electron chi connectivity index (χ0n) is 9.93. The van der Waals surface area contributed by atoms with Gasteiger partial charge in [-0.05, 0) is 49.4 Å². The second-order valence-electron chi connectivity index (χ2n) is 3.82. The van der Waals surface area contributed by atoms with E-state index in [0.29, 0.717) is 6.42 Å². The summed E-state index contributed by atoms with van der Waals surface area (Å²) in [7, 11) is 1.67. The number of methoxy groups -OCH3 is 1. The third kappa shape index (κ3) is 2.68. The van der Waals surface area contributed by atoms with Gasteiger partial charge >= 0.3 is 0 Å². The standard InChI is InChI=1S/C13H16ClNO/c1-9-8-12(14)10(2)11(13(9)16-3)6-4-5-7-15/h8H,4-6H2,1-3H3. The minimum atomic E-state index is 0.564. The Morgan fingerprint density at radius 2 is 2.12 bits per heavy atom. The second kappa shape index (κ2) is 5.77. The highest BCUT2D eigenvalue weighted by Gasteiger charge is 2.12. The van der Waals surface area contributed by atoms with Crippen LogP contribution in [0.2, 0.25) is 5.02 Å². The van der Waals surface area contributed by atoms with Gasteiger partial charge in [0.2, 0.25) is 0 Å². The van der Waals surface area contributed by atoms with E-state index >= 15 is 0 Å². The van der Waals surface area contributed by atoms with Crippen LogP contribution in [0.15, 0.2) is 6.07 Å².